The average Bonchev–Trinajstić information content (AvgIpc) is 2.75. The van der Waals surface area contributed by atoms with Gasteiger partial charge in [0.1, 0.15) is 6.10 Å². The first-order valence-corrected chi connectivity index (χ1v) is 6.41. The highest BCUT2D eigenvalue weighted by Gasteiger charge is 2.42. The molecule has 0 aliphatic heterocycles. The van der Waals surface area contributed by atoms with Crippen molar-refractivity contribution in [2.24, 2.45) is 7.05 Å². The van der Waals surface area contributed by atoms with E-state index < -0.39 is 6.10 Å². The predicted molar refractivity (Wildman–Crippen MR) is 67.7 cm³/mol. The Bertz CT molecular complexity index is 366. The van der Waals surface area contributed by atoms with Gasteiger partial charge in [-0.3, -0.25) is 4.68 Å². The van der Waals surface area contributed by atoms with Gasteiger partial charge in [-0.15, -0.1) is 0 Å². The molecular weight excluding hydrogens is 214 g/mol. The second kappa shape index (κ2) is 4.78. The van der Waals surface area contributed by atoms with Gasteiger partial charge in [0.15, 0.2) is 0 Å². The number of hydrogen-bond acceptors (Lipinski definition) is 3. The molecule has 0 amide bonds. The Morgan fingerprint density at radius 2 is 2.00 bits per heavy atom. The number of rotatable bonds is 3. The Balaban J connectivity index is 2.30. The summed E-state index contributed by atoms with van der Waals surface area (Å²) in [5.41, 5.74) is 0.798. The Morgan fingerprint density at radius 3 is 2.47 bits per heavy atom. The predicted octanol–water partition coefficient (Wildman–Crippen LogP) is 1.72. The molecule has 0 aromatic carbocycles. The number of aliphatic hydroxyl groups is 1. The summed E-state index contributed by atoms with van der Waals surface area (Å²) in [6.45, 7) is 0. The third kappa shape index (κ3) is 2.11. The van der Waals surface area contributed by atoms with Gasteiger partial charge in [-0.1, -0.05) is 19.3 Å². The molecule has 1 fully saturated rings. The first-order chi connectivity index (χ1) is 8.08. The molecule has 17 heavy (non-hydrogen) atoms. The summed E-state index contributed by atoms with van der Waals surface area (Å²) in [7, 11) is 6.04. The van der Waals surface area contributed by atoms with Crippen LogP contribution in [0.15, 0.2) is 12.3 Å². The zero-order valence-corrected chi connectivity index (χ0v) is 11.1. The third-order valence-corrected chi connectivity index (χ3v) is 4.26. The molecule has 1 aromatic rings. The fraction of sp³-hybridized carbons (Fsp3) is 0.769. The van der Waals surface area contributed by atoms with E-state index in [1.54, 1.807) is 10.9 Å². The van der Waals surface area contributed by atoms with Gasteiger partial charge in [0.25, 0.3) is 0 Å². The summed E-state index contributed by atoms with van der Waals surface area (Å²) >= 11 is 0. The van der Waals surface area contributed by atoms with Crippen molar-refractivity contribution in [3.05, 3.63) is 18.0 Å². The van der Waals surface area contributed by atoms with Crippen molar-refractivity contribution in [2.45, 2.75) is 43.7 Å². The number of nitrogens with zero attached hydrogens (tertiary/aromatic N) is 3. The lowest BCUT2D eigenvalue weighted by Gasteiger charge is -2.46. The van der Waals surface area contributed by atoms with Crippen molar-refractivity contribution in [1.82, 2.24) is 14.7 Å². The van der Waals surface area contributed by atoms with Crippen molar-refractivity contribution in [3.63, 3.8) is 0 Å². The van der Waals surface area contributed by atoms with Crippen molar-refractivity contribution in [1.29, 1.82) is 0 Å². The zero-order chi connectivity index (χ0) is 12.5. The van der Waals surface area contributed by atoms with Crippen LogP contribution in [0.1, 0.15) is 43.9 Å². The van der Waals surface area contributed by atoms with Crippen LogP contribution in [-0.2, 0) is 7.05 Å². The number of likely N-dealkylation sites (N-methyl/N-ethyl adjacent to an activating group) is 1. The maximum absolute atomic E-state index is 10.7. The second-order valence-electron chi connectivity index (χ2n) is 5.34. The molecule has 1 aromatic heterocycles. The number of aliphatic hydroxyl groups excluding tert-OH is 1. The van der Waals surface area contributed by atoms with E-state index in [0.717, 1.165) is 18.5 Å². The van der Waals surface area contributed by atoms with Crippen molar-refractivity contribution < 1.29 is 5.11 Å². The highest BCUT2D eigenvalue weighted by Crippen LogP contribution is 2.41. The molecule has 0 radical (unpaired) electrons. The molecule has 1 unspecified atom stereocenters. The Kier molecular flexibility index (Phi) is 3.54. The number of aryl methyl sites for hydroxylation is 1. The molecule has 1 aliphatic carbocycles. The largest absolute Gasteiger partial charge is 0.385 e. The van der Waals surface area contributed by atoms with Gasteiger partial charge in [0.2, 0.25) is 0 Å². The molecule has 1 N–H and O–H groups in total. The molecule has 4 nitrogen and oxygen atoms in total. The third-order valence-electron chi connectivity index (χ3n) is 4.26. The molecule has 0 bridgehead atoms. The summed E-state index contributed by atoms with van der Waals surface area (Å²) in [5.74, 6) is 0. The molecule has 96 valence electrons. The van der Waals surface area contributed by atoms with E-state index in [1.165, 1.54) is 19.3 Å². The van der Waals surface area contributed by atoms with Gasteiger partial charge in [-0.2, -0.15) is 5.10 Å². The van der Waals surface area contributed by atoms with E-state index in [4.69, 9.17) is 0 Å². The summed E-state index contributed by atoms with van der Waals surface area (Å²) in [6, 6.07) is 1.92. The van der Waals surface area contributed by atoms with E-state index in [0.29, 0.717) is 0 Å². The minimum absolute atomic E-state index is 0.119. The van der Waals surface area contributed by atoms with Crippen molar-refractivity contribution >= 4 is 0 Å². The Labute approximate surface area is 103 Å². The Morgan fingerprint density at radius 1 is 1.35 bits per heavy atom. The highest BCUT2D eigenvalue weighted by atomic mass is 16.3. The number of hydrogen-bond donors (Lipinski definition) is 1. The maximum atomic E-state index is 10.7. The quantitative estimate of drug-likeness (QED) is 0.870. The smallest absolute Gasteiger partial charge is 0.114 e. The SMILES string of the molecule is CN(C)C1(C(O)c2ccnn2C)CCCCC1. The summed E-state index contributed by atoms with van der Waals surface area (Å²) in [5, 5.41) is 14.9. The zero-order valence-electron chi connectivity index (χ0n) is 11.1. The minimum Gasteiger partial charge on any atom is -0.385 e. The lowest BCUT2D eigenvalue weighted by atomic mass is 9.75. The van der Waals surface area contributed by atoms with E-state index in [2.05, 4.69) is 24.1 Å². The van der Waals surface area contributed by atoms with Crippen LogP contribution < -0.4 is 0 Å². The van der Waals surface area contributed by atoms with E-state index in [-0.39, 0.29) is 5.54 Å². The van der Waals surface area contributed by atoms with Gasteiger partial charge in [0, 0.05) is 13.2 Å². The van der Waals surface area contributed by atoms with E-state index in [1.807, 2.05) is 13.1 Å². The molecular formula is C13H23N3O. The molecule has 1 aliphatic rings. The van der Waals surface area contributed by atoms with E-state index in [9.17, 15) is 5.11 Å². The van der Waals surface area contributed by atoms with Crippen LogP contribution in [0.4, 0.5) is 0 Å². The van der Waals surface area contributed by atoms with Crippen LogP contribution in [0, 0.1) is 0 Å². The second-order valence-corrected chi connectivity index (χ2v) is 5.34. The molecule has 4 heteroatoms. The molecule has 1 heterocycles. The van der Waals surface area contributed by atoms with Crippen molar-refractivity contribution in [2.75, 3.05) is 14.1 Å². The fourth-order valence-electron chi connectivity index (χ4n) is 3.06. The first kappa shape index (κ1) is 12.6. The lowest BCUT2D eigenvalue weighted by Crippen LogP contribution is -2.51. The summed E-state index contributed by atoms with van der Waals surface area (Å²) in [4.78, 5) is 2.20. The molecule has 2 rings (SSSR count). The normalized spacial score (nSPS) is 21.7. The van der Waals surface area contributed by atoms with Gasteiger partial charge in [-0.25, -0.2) is 0 Å². The molecule has 1 atom stereocenters. The fourth-order valence-corrected chi connectivity index (χ4v) is 3.06. The monoisotopic (exact) mass is 237 g/mol. The lowest BCUT2D eigenvalue weighted by molar-refractivity contribution is -0.0375. The van der Waals surface area contributed by atoms with E-state index >= 15 is 0 Å². The van der Waals surface area contributed by atoms with Gasteiger partial charge in [0.05, 0.1) is 11.2 Å². The summed E-state index contributed by atoms with van der Waals surface area (Å²) < 4.78 is 1.78. The van der Waals surface area contributed by atoms with Crippen LogP contribution in [-0.4, -0.2) is 39.4 Å². The van der Waals surface area contributed by atoms with Gasteiger partial charge < -0.3 is 10.0 Å². The van der Waals surface area contributed by atoms with Crippen LogP contribution in [0.5, 0.6) is 0 Å². The van der Waals surface area contributed by atoms with Crippen LogP contribution in [0.2, 0.25) is 0 Å². The standard InChI is InChI=1S/C13H23N3O/c1-15(2)13(8-5-4-6-9-13)12(17)11-7-10-14-16(11)3/h7,10,12,17H,4-6,8-9H2,1-3H3. The van der Waals surface area contributed by atoms with Crippen LogP contribution in [0.25, 0.3) is 0 Å². The minimum atomic E-state index is -0.453. The Hall–Kier alpha value is -0.870. The van der Waals surface area contributed by atoms with Gasteiger partial charge in [-0.05, 0) is 33.0 Å². The summed E-state index contributed by atoms with van der Waals surface area (Å²) in [6.07, 6.45) is 7.11. The molecule has 0 saturated heterocycles. The molecule has 1 saturated carbocycles. The average molecular weight is 237 g/mol. The number of aromatic nitrogens is 2. The van der Waals surface area contributed by atoms with Crippen LogP contribution in [0.3, 0.4) is 0 Å². The van der Waals surface area contributed by atoms with Gasteiger partial charge >= 0.3 is 0 Å². The maximum Gasteiger partial charge on any atom is 0.114 e. The molecule has 0 spiro atoms. The van der Waals surface area contributed by atoms with Crippen LogP contribution >= 0.6 is 0 Å². The first-order valence-electron chi connectivity index (χ1n) is 6.41. The topological polar surface area (TPSA) is 41.3 Å². The highest BCUT2D eigenvalue weighted by molar-refractivity contribution is 5.13. The van der Waals surface area contributed by atoms with Crippen molar-refractivity contribution in [3.8, 4) is 0 Å².